The van der Waals surface area contributed by atoms with Crippen LogP contribution in [0.15, 0.2) is 108 Å². The number of hydrogen-bond donors (Lipinski definition) is 3. The monoisotopic (exact) mass is 577 g/mol. The Morgan fingerprint density at radius 2 is 1.45 bits per heavy atom. The van der Waals surface area contributed by atoms with Gasteiger partial charge in [-0.05, 0) is 98.0 Å². The fraction of sp³-hybridized carbons (Fsp3) is 0.171. The van der Waals surface area contributed by atoms with Crippen LogP contribution in [-0.2, 0) is 9.59 Å². The summed E-state index contributed by atoms with van der Waals surface area (Å²) >= 11 is 1.44. The highest BCUT2D eigenvalue weighted by atomic mass is 32.2. The van der Waals surface area contributed by atoms with Crippen LogP contribution in [0.1, 0.15) is 46.0 Å². The van der Waals surface area contributed by atoms with Gasteiger partial charge in [-0.3, -0.25) is 14.4 Å². The summed E-state index contributed by atoms with van der Waals surface area (Å²) in [6.07, 6.45) is 2.31. The maximum Gasteiger partial charge on any atom is 0.272 e. The highest BCUT2D eigenvalue weighted by Crippen LogP contribution is 2.29. The maximum atomic E-state index is 13.5. The average Bonchev–Trinajstić information content (AvgIpc) is 2.96. The van der Waals surface area contributed by atoms with Gasteiger partial charge >= 0.3 is 0 Å². The van der Waals surface area contributed by atoms with Crippen LogP contribution in [0, 0.1) is 20.8 Å². The molecule has 0 bridgehead atoms. The topological polar surface area (TPSA) is 87.3 Å². The maximum absolute atomic E-state index is 13.5. The van der Waals surface area contributed by atoms with Gasteiger partial charge in [0.1, 0.15) is 5.70 Å². The van der Waals surface area contributed by atoms with Crippen LogP contribution < -0.4 is 16.0 Å². The highest BCUT2D eigenvalue weighted by Gasteiger charge is 2.20. The van der Waals surface area contributed by atoms with Gasteiger partial charge in [0.15, 0.2) is 0 Å². The number of benzene rings is 4. The van der Waals surface area contributed by atoms with Crippen LogP contribution in [0.3, 0.4) is 0 Å². The first kappa shape index (κ1) is 30.3. The fourth-order valence-corrected chi connectivity index (χ4v) is 5.46. The molecule has 0 aliphatic carbocycles. The van der Waals surface area contributed by atoms with E-state index in [1.54, 1.807) is 36.4 Å². The first-order valence-corrected chi connectivity index (χ1v) is 14.7. The lowest BCUT2D eigenvalue weighted by atomic mass is 10.1. The molecule has 6 nitrogen and oxygen atoms in total. The molecule has 0 radical (unpaired) electrons. The fourth-order valence-electron chi connectivity index (χ4n) is 4.45. The Morgan fingerprint density at radius 1 is 0.762 bits per heavy atom. The lowest BCUT2D eigenvalue weighted by molar-refractivity contribution is -0.116. The Morgan fingerprint density at radius 3 is 2.14 bits per heavy atom. The molecule has 4 rings (SSSR count). The first-order valence-electron chi connectivity index (χ1n) is 13.8. The van der Waals surface area contributed by atoms with Crippen LogP contribution in [0.2, 0.25) is 0 Å². The summed E-state index contributed by atoms with van der Waals surface area (Å²) < 4.78 is 0. The minimum Gasteiger partial charge on any atom is -0.325 e. The summed E-state index contributed by atoms with van der Waals surface area (Å²) in [4.78, 5) is 40.4. The van der Waals surface area contributed by atoms with Gasteiger partial charge in [-0.15, -0.1) is 11.8 Å². The lowest BCUT2D eigenvalue weighted by Gasteiger charge is -2.16. The van der Waals surface area contributed by atoms with Crippen molar-refractivity contribution < 1.29 is 14.4 Å². The quantitative estimate of drug-likeness (QED) is 0.134. The largest absolute Gasteiger partial charge is 0.325 e. The van der Waals surface area contributed by atoms with Crippen molar-refractivity contribution in [1.82, 2.24) is 5.32 Å². The molecule has 1 unspecified atom stereocenters. The summed E-state index contributed by atoms with van der Waals surface area (Å²) in [5, 5.41) is 8.42. The molecule has 0 aromatic heterocycles. The van der Waals surface area contributed by atoms with Crippen LogP contribution in [0.25, 0.3) is 6.08 Å². The molecular weight excluding hydrogens is 542 g/mol. The Labute approximate surface area is 251 Å². The molecule has 7 heteroatoms. The van der Waals surface area contributed by atoms with Crippen molar-refractivity contribution in [2.45, 2.75) is 44.3 Å². The second kappa shape index (κ2) is 14.3. The Hall–Kier alpha value is -4.62. The summed E-state index contributed by atoms with van der Waals surface area (Å²) in [6.45, 7) is 7.93. The predicted molar refractivity (Wildman–Crippen MR) is 173 cm³/mol. The van der Waals surface area contributed by atoms with Gasteiger partial charge in [0.2, 0.25) is 5.91 Å². The van der Waals surface area contributed by atoms with Crippen LogP contribution >= 0.6 is 11.8 Å². The number of thioether (sulfide) groups is 1. The predicted octanol–water partition coefficient (Wildman–Crippen LogP) is 7.53. The van der Waals surface area contributed by atoms with E-state index in [2.05, 4.69) is 22.0 Å². The number of carbonyl (C=O) groups is 3. The minimum absolute atomic E-state index is 0.0750. The molecule has 3 N–H and O–H groups in total. The Bertz CT molecular complexity index is 1590. The third-order valence-electron chi connectivity index (χ3n) is 6.54. The third-order valence-corrected chi connectivity index (χ3v) is 7.90. The zero-order valence-electron chi connectivity index (χ0n) is 24.2. The first-order chi connectivity index (χ1) is 20.2. The lowest BCUT2D eigenvalue weighted by Crippen LogP contribution is -2.30. The summed E-state index contributed by atoms with van der Waals surface area (Å²) in [6, 6.07) is 29.7. The molecule has 42 heavy (non-hydrogen) atoms. The molecule has 0 saturated heterocycles. The molecule has 0 heterocycles. The van der Waals surface area contributed by atoms with E-state index in [9.17, 15) is 14.4 Å². The SMILES string of the molecule is CCC(Sc1cccc(NC(=O)/C(=C/c2ccccc2C)NC(=O)c2ccccc2)c1)C(=O)Nc1cc(C)cc(C)c1. The van der Waals surface area contributed by atoms with Crippen molar-refractivity contribution in [3.8, 4) is 0 Å². The van der Waals surface area contributed by atoms with Gasteiger partial charge in [-0.1, -0.05) is 61.5 Å². The van der Waals surface area contributed by atoms with Gasteiger partial charge in [0.05, 0.1) is 5.25 Å². The molecule has 0 saturated carbocycles. The number of rotatable bonds is 10. The van der Waals surface area contributed by atoms with Gasteiger partial charge in [-0.25, -0.2) is 0 Å². The molecule has 0 fully saturated rings. The highest BCUT2D eigenvalue weighted by molar-refractivity contribution is 8.00. The van der Waals surface area contributed by atoms with Crippen LogP contribution in [-0.4, -0.2) is 23.0 Å². The van der Waals surface area contributed by atoms with E-state index in [4.69, 9.17) is 0 Å². The summed E-state index contributed by atoms with van der Waals surface area (Å²) in [5.74, 6) is -0.909. The van der Waals surface area contributed by atoms with E-state index in [0.29, 0.717) is 17.7 Å². The molecule has 0 spiro atoms. The number of anilines is 2. The van der Waals surface area contributed by atoms with E-state index in [0.717, 1.165) is 32.8 Å². The third kappa shape index (κ3) is 8.44. The molecule has 0 aliphatic rings. The number of hydrogen-bond acceptors (Lipinski definition) is 4. The molecule has 4 aromatic rings. The molecule has 4 aromatic carbocycles. The number of amides is 3. The van der Waals surface area contributed by atoms with Crippen molar-refractivity contribution in [2.24, 2.45) is 0 Å². The van der Waals surface area contributed by atoms with Gasteiger partial charge in [-0.2, -0.15) is 0 Å². The van der Waals surface area contributed by atoms with E-state index in [-0.39, 0.29) is 22.8 Å². The number of nitrogens with one attached hydrogen (secondary N) is 3. The zero-order valence-corrected chi connectivity index (χ0v) is 25.0. The molecule has 214 valence electrons. The van der Waals surface area contributed by atoms with E-state index >= 15 is 0 Å². The number of aryl methyl sites for hydroxylation is 3. The van der Waals surface area contributed by atoms with E-state index in [1.165, 1.54) is 11.8 Å². The summed E-state index contributed by atoms with van der Waals surface area (Å²) in [5.41, 5.74) is 5.87. The van der Waals surface area contributed by atoms with Crippen molar-refractivity contribution in [3.05, 3.63) is 131 Å². The summed E-state index contributed by atoms with van der Waals surface area (Å²) in [7, 11) is 0. The van der Waals surface area contributed by atoms with E-state index in [1.807, 2.05) is 88.4 Å². The van der Waals surface area contributed by atoms with Crippen LogP contribution in [0.5, 0.6) is 0 Å². The Balaban J connectivity index is 1.51. The Kier molecular flexibility index (Phi) is 10.3. The van der Waals surface area contributed by atoms with Crippen molar-refractivity contribution in [2.75, 3.05) is 10.6 Å². The minimum atomic E-state index is -0.454. The van der Waals surface area contributed by atoms with Crippen molar-refractivity contribution in [1.29, 1.82) is 0 Å². The van der Waals surface area contributed by atoms with Crippen molar-refractivity contribution in [3.63, 3.8) is 0 Å². The van der Waals surface area contributed by atoms with E-state index < -0.39 is 5.91 Å². The average molecular weight is 578 g/mol. The molecule has 1 atom stereocenters. The standard InChI is InChI=1S/C35H35N3O3S/c1-5-32(35(41)37-29-19-23(2)18-24(3)20-29)42-30-17-11-16-28(22-30)36-34(40)31(21-27-15-10-9-12-25(27)4)38-33(39)26-13-7-6-8-14-26/h6-22,32H,5H2,1-4H3,(H,36,40)(H,37,41)(H,38,39)/b31-21-. The molecule has 3 amide bonds. The normalized spacial score (nSPS) is 11.9. The second-order valence-electron chi connectivity index (χ2n) is 10.1. The van der Waals surface area contributed by atoms with Gasteiger partial charge in [0, 0.05) is 21.8 Å². The van der Waals surface area contributed by atoms with Crippen LogP contribution in [0.4, 0.5) is 11.4 Å². The van der Waals surface area contributed by atoms with Gasteiger partial charge < -0.3 is 16.0 Å². The number of carbonyl (C=O) groups excluding carboxylic acids is 3. The van der Waals surface area contributed by atoms with Gasteiger partial charge in [0.25, 0.3) is 11.8 Å². The van der Waals surface area contributed by atoms with Crippen molar-refractivity contribution >= 4 is 46.9 Å². The second-order valence-corrected chi connectivity index (χ2v) is 11.4. The molecule has 0 aliphatic heterocycles. The smallest absolute Gasteiger partial charge is 0.272 e. The molecular formula is C35H35N3O3S. The zero-order chi connectivity index (χ0) is 30.1.